The Morgan fingerprint density at radius 1 is 0.608 bits per heavy atom. The van der Waals surface area contributed by atoms with Gasteiger partial charge in [0, 0.05) is 82.5 Å². The summed E-state index contributed by atoms with van der Waals surface area (Å²) in [7, 11) is 8.55. The number of nitrogens with two attached hydrogens (primary N) is 1. The number of likely N-dealkylation sites (N-methyl/N-ethyl adjacent to an activating group) is 2. The van der Waals surface area contributed by atoms with E-state index in [0.29, 0.717) is 45.3 Å². The van der Waals surface area contributed by atoms with Crippen molar-refractivity contribution in [1.29, 1.82) is 0 Å². The summed E-state index contributed by atoms with van der Waals surface area (Å²) in [5, 5.41) is 5.04. The van der Waals surface area contributed by atoms with E-state index in [1.54, 1.807) is 34.2 Å². The van der Waals surface area contributed by atoms with Crippen molar-refractivity contribution in [1.82, 2.24) is 58.4 Å². The maximum atomic E-state index is 13.4. The molecule has 2 aliphatic carbocycles. The van der Waals surface area contributed by atoms with Crippen molar-refractivity contribution in [3.05, 3.63) is 140 Å². The van der Waals surface area contributed by atoms with Crippen molar-refractivity contribution < 1.29 is 0 Å². The normalized spacial score (nSPS) is 15.4. The molecule has 2 atom stereocenters. The molecule has 10 rings (SSSR count). The van der Waals surface area contributed by atoms with E-state index in [1.165, 1.54) is 40.4 Å². The first-order valence-corrected chi connectivity index (χ1v) is 26.7. The van der Waals surface area contributed by atoms with Crippen molar-refractivity contribution >= 4 is 51.2 Å². The van der Waals surface area contributed by atoms with Gasteiger partial charge in [-0.15, -0.1) is 0 Å². The predicted octanol–water partition coefficient (Wildman–Crippen LogP) is 9.50. The maximum absolute atomic E-state index is 13.4. The molecule has 390 valence electrons. The molecule has 0 amide bonds. The summed E-state index contributed by atoms with van der Waals surface area (Å²) in [6.45, 7) is 20.7. The third-order valence-electron chi connectivity index (χ3n) is 13.9. The van der Waals surface area contributed by atoms with Gasteiger partial charge in [-0.25, -0.2) is 33.7 Å². The van der Waals surface area contributed by atoms with Crippen LogP contribution in [-0.2, 0) is 36.5 Å². The molecule has 8 aromatic rings. The number of nitrogens with one attached hydrogen (secondary N) is 1. The van der Waals surface area contributed by atoms with Crippen LogP contribution in [0.2, 0.25) is 0 Å². The number of fused-ring (bicyclic) bond motifs is 4. The van der Waals surface area contributed by atoms with Gasteiger partial charge in [0.1, 0.15) is 10.8 Å². The van der Waals surface area contributed by atoms with Gasteiger partial charge in [-0.05, 0) is 159 Å². The second-order valence-corrected chi connectivity index (χ2v) is 23.4. The van der Waals surface area contributed by atoms with Crippen LogP contribution >= 0.6 is 11.8 Å². The third kappa shape index (κ3) is 11.2. The summed E-state index contributed by atoms with van der Waals surface area (Å²) in [5.74, 6) is 0.462. The third-order valence-corrected chi connectivity index (χ3v) is 14.4. The molecule has 2 aromatic carbocycles. The summed E-state index contributed by atoms with van der Waals surface area (Å²) < 4.78 is 7.25. The van der Waals surface area contributed by atoms with E-state index >= 15 is 0 Å². The van der Waals surface area contributed by atoms with Crippen LogP contribution in [-0.4, -0.2) is 105 Å². The second-order valence-electron chi connectivity index (χ2n) is 22.6. The number of nitrogen functional groups attached to an aromatic ring is 1. The van der Waals surface area contributed by atoms with Gasteiger partial charge in [0.2, 0.25) is 5.95 Å². The topological polar surface area (TPSA) is 176 Å². The highest BCUT2D eigenvalue weighted by molar-refractivity contribution is 7.98. The molecule has 0 spiro atoms. The number of hydrogen-bond acceptors (Lipinski definition) is 13. The number of aromatic nitrogens is 10. The molecule has 3 N–H and O–H groups in total. The van der Waals surface area contributed by atoms with E-state index in [1.807, 2.05) is 73.6 Å². The van der Waals surface area contributed by atoms with Gasteiger partial charge >= 0.3 is 0 Å². The van der Waals surface area contributed by atoms with Crippen LogP contribution in [0.25, 0.3) is 33.4 Å². The molecule has 16 nitrogen and oxygen atoms in total. The van der Waals surface area contributed by atoms with Crippen molar-refractivity contribution in [2.75, 3.05) is 45.5 Å². The number of hydrogen-bond donors (Lipinski definition) is 2. The van der Waals surface area contributed by atoms with Gasteiger partial charge in [-0.3, -0.25) is 19.6 Å². The Hall–Kier alpha value is -6.69. The molecular weight excluding hydrogens is 945 g/mol. The Morgan fingerprint density at radius 2 is 1.07 bits per heavy atom. The summed E-state index contributed by atoms with van der Waals surface area (Å²) in [6, 6.07) is 21.8. The minimum Gasteiger partial charge on any atom is -0.399 e. The molecule has 0 radical (unpaired) electrons. The number of nitrogens with zero attached hydrogens (tertiary/aromatic N) is 12. The summed E-state index contributed by atoms with van der Waals surface area (Å²) >= 11 is 1.46. The molecule has 0 aliphatic heterocycles. The molecule has 17 heteroatoms. The van der Waals surface area contributed by atoms with E-state index in [0.717, 1.165) is 53.4 Å². The summed E-state index contributed by atoms with van der Waals surface area (Å²) in [5.41, 5.74) is 17.7. The average Bonchev–Trinajstić information content (AvgIpc) is 4.12. The number of thioether (sulfide) groups is 1. The standard InChI is InChI=1S/C28H35N7O.C18H23N5OS.C11H16N2/c1-17(2)34-26(36)23-16-30-27(31-20-9-8-18-13-22(33(6)7)14-19(18)12-20)32-25(23)35(34)21-10-11-29-24(15-21)28(3,4)5;1-11(2)22-16(24)13-10-20-17(25-6)21-15(13)23(22)12-7-8-19-14(9-12)18(3,4)5;1-13(2)11-6-8-3-4-10(12)5-9(8)7-11/h8-12,15-17,22H,13-14H2,1-7H3,(H,30,31,32);7-11H,1-6H3;3-5,11H,6-7,12H2,1-2H3. The van der Waals surface area contributed by atoms with E-state index in [9.17, 15) is 9.59 Å². The first-order valence-electron chi connectivity index (χ1n) is 25.5. The quantitative estimate of drug-likeness (QED) is 0.0795. The molecule has 0 bridgehead atoms. The van der Waals surface area contributed by atoms with Crippen molar-refractivity contribution in [2.24, 2.45) is 0 Å². The predicted molar refractivity (Wildman–Crippen MR) is 302 cm³/mol. The highest BCUT2D eigenvalue weighted by Gasteiger charge is 2.27. The minimum atomic E-state index is -0.122. The molecule has 0 saturated carbocycles. The Balaban J connectivity index is 0.000000165. The Bertz CT molecular complexity index is 3440. The van der Waals surface area contributed by atoms with Crippen LogP contribution < -0.4 is 22.2 Å². The van der Waals surface area contributed by atoms with Crippen molar-refractivity contribution in [3.63, 3.8) is 0 Å². The molecular formula is C57H74N14O2S. The maximum Gasteiger partial charge on any atom is 0.278 e. The van der Waals surface area contributed by atoms with E-state index in [-0.39, 0.29) is 34.0 Å². The Labute approximate surface area is 439 Å². The monoisotopic (exact) mass is 1020 g/mol. The van der Waals surface area contributed by atoms with Crippen LogP contribution in [0.1, 0.15) is 115 Å². The first-order chi connectivity index (χ1) is 34.9. The molecule has 2 aliphatic rings. The van der Waals surface area contributed by atoms with Crippen LogP contribution in [0, 0.1) is 0 Å². The van der Waals surface area contributed by atoms with Gasteiger partial charge in [0.15, 0.2) is 16.5 Å². The molecule has 0 saturated heterocycles. The molecule has 2 unspecified atom stereocenters. The molecule has 6 heterocycles. The Kier molecular flexibility index (Phi) is 15.4. The van der Waals surface area contributed by atoms with Gasteiger partial charge in [0.25, 0.3) is 11.1 Å². The fraction of sp³-hybridized carbons (Fsp3) is 0.439. The summed E-state index contributed by atoms with van der Waals surface area (Å²) in [6.07, 6.45) is 13.2. The zero-order chi connectivity index (χ0) is 53.6. The zero-order valence-electron chi connectivity index (χ0n) is 45.9. The number of rotatable bonds is 9. The van der Waals surface area contributed by atoms with E-state index < -0.39 is 0 Å². The van der Waals surface area contributed by atoms with Crippen molar-refractivity contribution in [2.45, 2.75) is 135 Å². The van der Waals surface area contributed by atoms with Crippen molar-refractivity contribution in [3.8, 4) is 11.4 Å². The minimum absolute atomic E-state index is 0.00863. The second kappa shape index (κ2) is 21.3. The van der Waals surface area contributed by atoms with Crippen LogP contribution in [0.3, 0.4) is 0 Å². The largest absolute Gasteiger partial charge is 0.399 e. The number of benzene rings is 2. The smallest absolute Gasteiger partial charge is 0.278 e. The number of anilines is 3. The fourth-order valence-corrected chi connectivity index (χ4v) is 9.98. The lowest BCUT2D eigenvalue weighted by molar-refractivity contribution is 0.303. The fourth-order valence-electron chi connectivity index (χ4n) is 9.64. The Morgan fingerprint density at radius 3 is 1.54 bits per heavy atom. The van der Waals surface area contributed by atoms with Gasteiger partial charge in [-0.1, -0.05) is 65.4 Å². The summed E-state index contributed by atoms with van der Waals surface area (Å²) in [4.78, 5) is 58.1. The lowest BCUT2D eigenvalue weighted by atomic mass is 9.91. The highest BCUT2D eigenvalue weighted by atomic mass is 32.2. The van der Waals surface area contributed by atoms with Crippen LogP contribution in [0.15, 0.2) is 100 Å². The SMILES string of the molecule is CC(C)n1c(=O)c2cnc(Nc3ccc4c(c3)CC(N(C)C)C4)nc2n1-c1ccnc(C(C)(C)C)c1.CN(C)C1Cc2ccc(N)cc2C1.CSc1ncc2c(=O)n(C(C)C)n(-c3ccnc(C(C)(C)C)c3)c2n1. The van der Waals surface area contributed by atoms with E-state index in [2.05, 4.69) is 140 Å². The van der Waals surface area contributed by atoms with Gasteiger partial charge < -0.3 is 20.9 Å². The van der Waals surface area contributed by atoms with E-state index in [4.69, 9.17) is 10.7 Å². The average molecular weight is 1020 g/mol. The van der Waals surface area contributed by atoms with Gasteiger partial charge in [0.05, 0.1) is 11.4 Å². The lowest BCUT2D eigenvalue weighted by Gasteiger charge is -2.20. The van der Waals surface area contributed by atoms with Crippen LogP contribution in [0.4, 0.5) is 17.3 Å². The lowest BCUT2D eigenvalue weighted by Crippen LogP contribution is -2.27. The molecule has 0 fully saturated rings. The first kappa shape index (κ1) is 53.6. The van der Waals surface area contributed by atoms with Gasteiger partial charge in [-0.2, -0.15) is 4.98 Å². The molecule has 74 heavy (non-hydrogen) atoms. The molecule has 6 aromatic heterocycles. The zero-order valence-corrected chi connectivity index (χ0v) is 46.7. The highest BCUT2D eigenvalue weighted by Crippen LogP contribution is 2.31. The number of pyridine rings is 2. The van der Waals surface area contributed by atoms with Crippen LogP contribution in [0.5, 0.6) is 0 Å².